The van der Waals surface area contributed by atoms with E-state index in [4.69, 9.17) is 0 Å². The SMILES string of the molecule is Cc1c(N(C)CS(=O)(=O)[O-])c(=O)n(-c2ccccc2)n1C.[Cl-].[H+].[Na+]. The first kappa shape index (κ1) is 22.2. The van der Waals surface area contributed by atoms with Crippen molar-refractivity contribution in [3.05, 3.63) is 46.4 Å². The van der Waals surface area contributed by atoms with Crippen molar-refractivity contribution in [1.29, 1.82) is 0 Å². The predicted octanol–water partition coefficient (Wildman–Crippen LogP) is -5.46. The Morgan fingerprint density at radius 2 is 1.78 bits per heavy atom. The van der Waals surface area contributed by atoms with Crippen LogP contribution in [-0.4, -0.2) is 35.3 Å². The average molecular weight is 370 g/mol. The van der Waals surface area contributed by atoms with Crippen LogP contribution in [0.4, 0.5) is 5.69 Å². The fraction of sp³-hybridized carbons (Fsp3) is 0.308. The molecule has 0 bridgehead atoms. The summed E-state index contributed by atoms with van der Waals surface area (Å²) in [5.74, 6) is -0.748. The van der Waals surface area contributed by atoms with Gasteiger partial charge in [0.15, 0.2) is 0 Å². The van der Waals surface area contributed by atoms with Gasteiger partial charge in [0.05, 0.1) is 11.4 Å². The zero-order chi connectivity index (χ0) is 15.8. The second-order valence-corrected chi connectivity index (χ2v) is 6.17. The van der Waals surface area contributed by atoms with E-state index < -0.39 is 16.0 Å². The number of hydrogen-bond donors (Lipinski definition) is 0. The van der Waals surface area contributed by atoms with Crippen LogP contribution < -0.4 is 52.4 Å². The van der Waals surface area contributed by atoms with Gasteiger partial charge in [-0.05, 0) is 19.1 Å². The van der Waals surface area contributed by atoms with E-state index in [1.54, 1.807) is 42.9 Å². The van der Waals surface area contributed by atoms with Crippen molar-refractivity contribution in [3.63, 3.8) is 0 Å². The van der Waals surface area contributed by atoms with E-state index in [0.717, 1.165) is 0 Å². The average Bonchev–Trinajstić information content (AvgIpc) is 2.59. The van der Waals surface area contributed by atoms with Crippen molar-refractivity contribution >= 4 is 15.8 Å². The number of hydrogen-bond acceptors (Lipinski definition) is 5. The summed E-state index contributed by atoms with van der Waals surface area (Å²) in [5.41, 5.74) is 1.07. The molecule has 0 N–H and O–H groups in total. The van der Waals surface area contributed by atoms with E-state index >= 15 is 0 Å². The van der Waals surface area contributed by atoms with Crippen molar-refractivity contribution in [2.45, 2.75) is 6.92 Å². The normalized spacial score (nSPS) is 10.6. The van der Waals surface area contributed by atoms with Crippen molar-refractivity contribution < 1.29 is 56.4 Å². The molecule has 0 saturated heterocycles. The Kier molecular flexibility index (Phi) is 8.08. The second-order valence-electron chi connectivity index (χ2n) is 4.79. The monoisotopic (exact) mass is 369 g/mol. The van der Waals surface area contributed by atoms with Crippen molar-refractivity contribution in [2.75, 3.05) is 17.8 Å². The molecule has 1 aromatic heterocycles. The quantitative estimate of drug-likeness (QED) is 0.396. The Morgan fingerprint density at radius 1 is 1.26 bits per heavy atom. The molecule has 2 aromatic rings. The predicted molar refractivity (Wildman–Crippen MR) is 79.8 cm³/mol. The molecule has 0 aliphatic carbocycles. The van der Waals surface area contributed by atoms with E-state index in [1.807, 2.05) is 6.07 Å². The summed E-state index contributed by atoms with van der Waals surface area (Å²) >= 11 is 0. The minimum Gasteiger partial charge on any atom is -1.00 e. The first-order valence-electron chi connectivity index (χ1n) is 6.21. The largest absolute Gasteiger partial charge is 1.00 e. The third kappa shape index (κ3) is 4.85. The molecule has 0 atom stereocenters. The van der Waals surface area contributed by atoms with E-state index in [0.29, 0.717) is 11.4 Å². The Balaban J connectivity index is 0. The standard InChI is InChI=1S/C13H17N3O4S.ClH.Na/c1-10-12(14(2)9-21(18,19)20)13(17)16(15(10)3)11-7-5-4-6-8-11;;/h4-8H,9H2,1-3H3,(H,18,19,20);1H;/q;;+1/p-1. The fourth-order valence-corrected chi connectivity index (χ4v) is 2.90. The Hall–Kier alpha value is -0.770. The summed E-state index contributed by atoms with van der Waals surface area (Å²) in [6.45, 7) is 1.70. The Bertz CT molecular complexity index is 824. The smallest absolute Gasteiger partial charge is 1.00 e. The van der Waals surface area contributed by atoms with Crippen LogP contribution in [0, 0.1) is 6.92 Å². The van der Waals surface area contributed by atoms with E-state index in [2.05, 4.69) is 0 Å². The summed E-state index contributed by atoms with van der Waals surface area (Å²) in [5, 5.41) is 0. The number of aromatic nitrogens is 2. The third-order valence-corrected chi connectivity index (χ3v) is 3.96. The van der Waals surface area contributed by atoms with E-state index in [1.165, 1.54) is 16.6 Å². The van der Waals surface area contributed by atoms with Gasteiger partial charge in [-0.15, -0.1) is 0 Å². The maximum absolute atomic E-state index is 12.5. The van der Waals surface area contributed by atoms with Crippen LogP contribution in [0.1, 0.15) is 7.12 Å². The minimum atomic E-state index is -4.45. The molecule has 0 fully saturated rings. The minimum absolute atomic E-state index is 0. The molecular formula is C13H17ClN3NaO4S. The van der Waals surface area contributed by atoms with Crippen LogP contribution in [0.3, 0.4) is 0 Å². The van der Waals surface area contributed by atoms with Crippen LogP contribution in [0.5, 0.6) is 0 Å². The first-order chi connectivity index (χ1) is 9.72. The molecule has 0 aliphatic rings. The van der Waals surface area contributed by atoms with Gasteiger partial charge in [-0.25, -0.2) is 13.1 Å². The topological polar surface area (TPSA) is 87.4 Å². The van der Waals surface area contributed by atoms with Crippen LogP contribution in [0.2, 0.25) is 0 Å². The van der Waals surface area contributed by atoms with E-state index in [9.17, 15) is 17.8 Å². The van der Waals surface area contributed by atoms with Gasteiger partial charge in [-0.3, -0.25) is 9.48 Å². The van der Waals surface area contributed by atoms with Gasteiger partial charge in [0.1, 0.15) is 21.7 Å². The molecule has 23 heavy (non-hydrogen) atoms. The molecule has 0 aliphatic heterocycles. The van der Waals surface area contributed by atoms with E-state index in [-0.39, 0.29) is 54.6 Å². The van der Waals surface area contributed by atoms with Gasteiger partial charge in [0.25, 0.3) is 5.56 Å². The number of halogens is 1. The summed E-state index contributed by atoms with van der Waals surface area (Å²) < 4.78 is 35.7. The zero-order valence-corrected chi connectivity index (χ0v) is 16.9. The molecule has 0 unspecified atom stereocenters. The fourth-order valence-electron chi connectivity index (χ4n) is 2.30. The van der Waals surface area contributed by atoms with Crippen LogP contribution in [0.25, 0.3) is 5.69 Å². The maximum atomic E-state index is 12.5. The molecule has 0 saturated carbocycles. The molecule has 0 radical (unpaired) electrons. The number of para-hydroxylation sites is 1. The molecular weight excluding hydrogens is 353 g/mol. The van der Waals surface area contributed by atoms with Gasteiger partial charge in [-0.1, -0.05) is 18.2 Å². The molecule has 10 heteroatoms. The second kappa shape index (κ2) is 8.36. The van der Waals surface area contributed by atoms with Gasteiger partial charge in [0.2, 0.25) is 0 Å². The zero-order valence-electron chi connectivity index (χ0n) is 14.4. The summed E-state index contributed by atoms with van der Waals surface area (Å²) in [7, 11) is -1.34. The number of anilines is 1. The van der Waals surface area contributed by atoms with Crippen molar-refractivity contribution in [1.82, 2.24) is 9.36 Å². The number of benzene rings is 1. The molecule has 7 nitrogen and oxygen atoms in total. The number of nitrogens with zero attached hydrogens (tertiary/aromatic N) is 3. The van der Waals surface area contributed by atoms with Crippen molar-refractivity contribution in [3.8, 4) is 5.69 Å². The molecule has 0 spiro atoms. The third-order valence-electron chi connectivity index (χ3n) is 3.26. The Morgan fingerprint density at radius 3 is 2.26 bits per heavy atom. The van der Waals surface area contributed by atoms with Gasteiger partial charge < -0.3 is 21.9 Å². The summed E-state index contributed by atoms with van der Waals surface area (Å²) in [6.07, 6.45) is 0. The first-order valence-corrected chi connectivity index (χ1v) is 7.79. The van der Waals surface area contributed by atoms with Gasteiger partial charge in [0, 0.05) is 14.1 Å². The molecule has 2 rings (SSSR count). The molecule has 1 heterocycles. The van der Waals surface area contributed by atoms with Crippen LogP contribution in [0.15, 0.2) is 35.1 Å². The Labute approximate surface area is 164 Å². The molecule has 0 amide bonds. The molecule has 122 valence electrons. The van der Waals surface area contributed by atoms with Crippen molar-refractivity contribution in [2.24, 2.45) is 7.05 Å². The number of rotatable bonds is 4. The van der Waals surface area contributed by atoms with Gasteiger partial charge in [-0.2, -0.15) is 0 Å². The van der Waals surface area contributed by atoms with Gasteiger partial charge >= 0.3 is 31.0 Å². The molecule has 1 aromatic carbocycles. The maximum Gasteiger partial charge on any atom is 1.00 e. The van der Waals surface area contributed by atoms with Crippen LogP contribution in [-0.2, 0) is 17.2 Å². The summed E-state index contributed by atoms with van der Waals surface area (Å²) in [4.78, 5) is 13.7. The summed E-state index contributed by atoms with van der Waals surface area (Å²) in [6, 6.07) is 8.98. The van der Waals surface area contributed by atoms with Crippen LogP contribution >= 0.6 is 0 Å².